The van der Waals surface area contributed by atoms with Gasteiger partial charge in [0.2, 0.25) is 29.5 Å². The smallest absolute Gasteiger partial charge is 0.322 e. The molecule has 5 amide bonds. The minimum absolute atomic E-state index is 0.377. The lowest BCUT2D eigenvalue weighted by molar-refractivity contribution is -0.138. The van der Waals surface area contributed by atoms with Gasteiger partial charge in [0, 0.05) is 0 Å². The molecule has 0 unspecified atom stereocenters. The zero-order chi connectivity index (χ0) is 26.4. The van der Waals surface area contributed by atoms with Crippen molar-refractivity contribution in [2.45, 2.75) is 57.5 Å². The predicted octanol–water partition coefficient (Wildman–Crippen LogP) is -3.74. The lowest BCUT2D eigenvalue weighted by atomic mass is 10.1. The van der Waals surface area contributed by atoms with Gasteiger partial charge in [0.25, 0.3) is 0 Å². The maximum atomic E-state index is 12.5. The minimum atomic E-state index is -1.35. The first-order valence-electron chi connectivity index (χ1n) is 10.4. The molecule has 0 aromatic heterocycles. The highest BCUT2D eigenvalue weighted by Gasteiger charge is 2.29. The molecule has 194 valence electrons. The van der Waals surface area contributed by atoms with Crippen molar-refractivity contribution in [3.05, 3.63) is 0 Å². The molecule has 0 spiro atoms. The number of aliphatic carboxylic acids is 1. The van der Waals surface area contributed by atoms with Crippen molar-refractivity contribution in [2.75, 3.05) is 25.1 Å². The molecule has 0 saturated carbocycles. The lowest BCUT2D eigenvalue weighted by Crippen LogP contribution is -2.58. The average Bonchev–Trinajstić information content (AvgIpc) is 2.76. The molecular weight excluding hydrogens is 472 g/mol. The largest absolute Gasteiger partial charge is 0.480 e. The van der Waals surface area contributed by atoms with Crippen molar-refractivity contribution in [1.82, 2.24) is 26.6 Å². The number of carbonyl (C=O) groups excluding carboxylic acids is 5. The van der Waals surface area contributed by atoms with Gasteiger partial charge >= 0.3 is 5.97 Å². The summed E-state index contributed by atoms with van der Waals surface area (Å²) in [7, 11) is 0. The Labute approximate surface area is 201 Å². The predicted molar refractivity (Wildman–Crippen MR) is 123 cm³/mol. The molecule has 14 nitrogen and oxygen atoms in total. The number of hydrogen-bond donors (Lipinski definition) is 8. The monoisotopic (exact) mass is 506 g/mol. The van der Waals surface area contributed by atoms with Crippen LogP contribution in [-0.4, -0.2) is 101 Å². The summed E-state index contributed by atoms with van der Waals surface area (Å²) in [5.74, 6) is -4.23. The fourth-order valence-electron chi connectivity index (χ4n) is 2.40. The molecule has 15 heteroatoms. The van der Waals surface area contributed by atoms with Crippen LogP contribution in [0.15, 0.2) is 0 Å². The molecule has 0 radical (unpaired) electrons. The topological polar surface area (TPSA) is 229 Å². The van der Waals surface area contributed by atoms with Crippen LogP contribution < -0.4 is 32.3 Å². The number of carboxylic acids is 1. The number of carbonyl (C=O) groups is 6. The van der Waals surface area contributed by atoms with Gasteiger partial charge in [-0.05, 0) is 39.2 Å². The number of aliphatic hydroxyl groups is 1. The Hall–Kier alpha value is -2.91. The van der Waals surface area contributed by atoms with E-state index in [2.05, 4.69) is 26.6 Å². The fourth-order valence-corrected chi connectivity index (χ4v) is 2.89. The quantitative estimate of drug-likeness (QED) is 0.108. The van der Waals surface area contributed by atoms with Crippen LogP contribution in [0.3, 0.4) is 0 Å². The van der Waals surface area contributed by atoms with Crippen LogP contribution in [0.1, 0.15) is 27.2 Å². The Morgan fingerprint density at radius 2 is 1.35 bits per heavy atom. The van der Waals surface area contributed by atoms with Crippen molar-refractivity contribution < 1.29 is 39.0 Å². The number of nitrogens with two attached hydrogens (primary N) is 1. The molecule has 0 saturated heterocycles. The third kappa shape index (κ3) is 12.4. The zero-order valence-corrected chi connectivity index (χ0v) is 20.4. The normalized spacial score (nSPS) is 15.0. The highest BCUT2D eigenvalue weighted by molar-refractivity contribution is 7.98. The SMILES string of the molecule is CSCC[C@H](N)C(=O)N[C@H](C(=O)N[C@@H](C)C(=O)NCC(=O)N[C@@H](C)C(=O)NCC(=O)O)[C@@H](C)O. The van der Waals surface area contributed by atoms with E-state index in [1.807, 2.05) is 6.26 Å². The summed E-state index contributed by atoms with van der Waals surface area (Å²) in [6, 6.07) is -4.38. The van der Waals surface area contributed by atoms with E-state index in [0.717, 1.165) is 0 Å². The summed E-state index contributed by atoms with van der Waals surface area (Å²) in [6.07, 6.45) is 0.959. The highest BCUT2D eigenvalue weighted by atomic mass is 32.2. The summed E-state index contributed by atoms with van der Waals surface area (Å²) in [5.41, 5.74) is 5.76. The first kappa shape index (κ1) is 31.1. The molecular formula is C19H34N6O8S. The maximum Gasteiger partial charge on any atom is 0.322 e. The van der Waals surface area contributed by atoms with Crippen LogP contribution in [0.2, 0.25) is 0 Å². The number of amides is 5. The van der Waals surface area contributed by atoms with E-state index >= 15 is 0 Å². The van der Waals surface area contributed by atoms with Crippen molar-refractivity contribution >= 4 is 47.3 Å². The highest BCUT2D eigenvalue weighted by Crippen LogP contribution is 2.01. The van der Waals surface area contributed by atoms with Crippen molar-refractivity contribution in [1.29, 1.82) is 0 Å². The van der Waals surface area contributed by atoms with E-state index < -0.39 is 78.9 Å². The first-order chi connectivity index (χ1) is 15.8. The molecule has 34 heavy (non-hydrogen) atoms. The Balaban J connectivity index is 4.67. The van der Waals surface area contributed by atoms with Gasteiger partial charge in [-0.25, -0.2) is 0 Å². The van der Waals surface area contributed by atoms with Crippen LogP contribution in [-0.2, 0) is 28.8 Å². The van der Waals surface area contributed by atoms with Gasteiger partial charge in [0.05, 0.1) is 18.7 Å². The number of rotatable bonds is 15. The first-order valence-corrected chi connectivity index (χ1v) is 11.8. The van der Waals surface area contributed by atoms with Crippen molar-refractivity contribution in [2.24, 2.45) is 5.73 Å². The average molecular weight is 507 g/mol. The number of aliphatic hydroxyl groups excluding tert-OH is 1. The van der Waals surface area contributed by atoms with Crippen LogP contribution in [0.5, 0.6) is 0 Å². The number of nitrogens with one attached hydrogen (secondary N) is 5. The fraction of sp³-hybridized carbons (Fsp3) is 0.684. The van der Waals surface area contributed by atoms with Crippen molar-refractivity contribution in [3.8, 4) is 0 Å². The second kappa shape index (κ2) is 15.8. The summed E-state index contributed by atoms with van der Waals surface area (Å²) in [6.45, 7) is 2.83. The van der Waals surface area contributed by atoms with Gasteiger partial charge in [0.1, 0.15) is 24.7 Å². The molecule has 5 atom stereocenters. The van der Waals surface area contributed by atoms with E-state index in [1.165, 1.54) is 32.5 Å². The molecule has 0 aromatic rings. The molecule has 0 rings (SSSR count). The van der Waals surface area contributed by atoms with Crippen LogP contribution in [0, 0.1) is 0 Å². The molecule has 0 heterocycles. The minimum Gasteiger partial charge on any atom is -0.480 e. The van der Waals surface area contributed by atoms with Gasteiger partial charge in [-0.2, -0.15) is 11.8 Å². The summed E-state index contributed by atoms with van der Waals surface area (Å²) in [4.78, 5) is 70.8. The van der Waals surface area contributed by atoms with Crippen LogP contribution >= 0.6 is 11.8 Å². The number of carboxylic acid groups (broad SMARTS) is 1. The van der Waals surface area contributed by atoms with E-state index in [0.29, 0.717) is 12.2 Å². The van der Waals surface area contributed by atoms with Gasteiger partial charge in [-0.3, -0.25) is 28.8 Å². The molecule has 0 bridgehead atoms. The summed E-state index contributed by atoms with van der Waals surface area (Å²) in [5, 5.41) is 29.7. The van der Waals surface area contributed by atoms with Gasteiger partial charge in [-0.1, -0.05) is 0 Å². The van der Waals surface area contributed by atoms with E-state index in [1.54, 1.807) is 0 Å². The van der Waals surface area contributed by atoms with Gasteiger partial charge < -0.3 is 42.5 Å². The Bertz CT molecular complexity index is 750. The van der Waals surface area contributed by atoms with E-state index in [4.69, 9.17) is 10.8 Å². The molecule has 0 aromatic carbocycles. The molecule has 9 N–H and O–H groups in total. The summed E-state index contributed by atoms with van der Waals surface area (Å²) >= 11 is 1.50. The van der Waals surface area contributed by atoms with Crippen LogP contribution in [0.25, 0.3) is 0 Å². The molecule has 0 fully saturated rings. The third-order valence-corrected chi connectivity index (χ3v) is 5.04. The Morgan fingerprint density at radius 3 is 1.85 bits per heavy atom. The molecule has 0 aliphatic rings. The number of thioether (sulfide) groups is 1. The van der Waals surface area contributed by atoms with Gasteiger partial charge in [-0.15, -0.1) is 0 Å². The van der Waals surface area contributed by atoms with Crippen molar-refractivity contribution in [3.63, 3.8) is 0 Å². The Morgan fingerprint density at radius 1 is 0.824 bits per heavy atom. The number of hydrogen-bond acceptors (Lipinski definition) is 9. The maximum absolute atomic E-state index is 12.5. The van der Waals surface area contributed by atoms with E-state index in [9.17, 15) is 33.9 Å². The second-order valence-electron chi connectivity index (χ2n) is 7.46. The molecule has 0 aliphatic carbocycles. The van der Waals surface area contributed by atoms with Gasteiger partial charge in [0.15, 0.2) is 0 Å². The zero-order valence-electron chi connectivity index (χ0n) is 19.5. The summed E-state index contributed by atoms with van der Waals surface area (Å²) < 4.78 is 0. The van der Waals surface area contributed by atoms with Crippen LogP contribution in [0.4, 0.5) is 0 Å². The Kier molecular flexibility index (Phi) is 14.5. The second-order valence-corrected chi connectivity index (χ2v) is 8.45. The standard InChI is InChI=1S/C19H34N6O8S/c1-9(16(30)22-8-14(28)29)23-13(27)7-21-17(31)10(2)24-19(33)15(11(3)26)25-18(32)12(20)5-6-34-4/h9-12,15,26H,5-8,20H2,1-4H3,(H,21,31)(H,22,30)(H,23,27)(H,24,33)(H,25,32)(H,28,29)/t9-,10-,11+,12-,15-/m0/s1. The molecule has 0 aliphatic heterocycles. The lowest BCUT2D eigenvalue weighted by Gasteiger charge is -2.24. The van der Waals surface area contributed by atoms with E-state index in [-0.39, 0.29) is 0 Å². The third-order valence-electron chi connectivity index (χ3n) is 4.39.